The third-order valence-corrected chi connectivity index (χ3v) is 8.84. The maximum absolute atomic E-state index is 13.4. The van der Waals surface area contributed by atoms with Crippen molar-refractivity contribution in [2.24, 2.45) is 0 Å². The predicted octanol–water partition coefficient (Wildman–Crippen LogP) is 6.49. The zero-order valence-electron chi connectivity index (χ0n) is 21.4. The Bertz CT molecular complexity index is 1500. The van der Waals surface area contributed by atoms with Gasteiger partial charge >= 0.3 is 0 Å². The number of halogens is 2. The molecule has 0 aliphatic carbocycles. The second kappa shape index (κ2) is 10.2. The SMILES string of the molecule is Nc1cc2c(c3ccccc13)[C@H](CCl)CN2C(=O)CCCC(=O)N1C[C@@H](CCl)c2c1cc(O)c1ccccc21. The number of phenolic OH excluding ortho intramolecular Hbond substituents is 1. The van der Waals surface area contributed by atoms with Crippen LogP contribution in [0.2, 0.25) is 0 Å². The molecule has 0 aromatic heterocycles. The molecule has 200 valence electrons. The van der Waals surface area contributed by atoms with Crippen molar-refractivity contribution >= 4 is 73.6 Å². The molecule has 0 spiro atoms. The van der Waals surface area contributed by atoms with Gasteiger partial charge < -0.3 is 20.6 Å². The maximum atomic E-state index is 13.4. The Morgan fingerprint density at radius 3 is 1.77 bits per heavy atom. The molecule has 4 aromatic carbocycles. The molecule has 0 radical (unpaired) electrons. The van der Waals surface area contributed by atoms with Gasteiger partial charge in [-0.1, -0.05) is 48.5 Å². The van der Waals surface area contributed by atoms with Crippen molar-refractivity contribution in [1.29, 1.82) is 0 Å². The van der Waals surface area contributed by atoms with Crippen LogP contribution in [-0.2, 0) is 9.59 Å². The van der Waals surface area contributed by atoms with E-state index in [0.717, 1.165) is 38.4 Å². The van der Waals surface area contributed by atoms with Gasteiger partial charge in [-0.05, 0) is 34.4 Å². The van der Waals surface area contributed by atoms with Gasteiger partial charge in [0.2, 0.25) is 11.8 Å². The van der Waals surface area contributed by atoms with E-state index < -0.39 is 0 Å². The number of rotatable bonds is 6. The van der Waals surface area contributed by atoms with Crippen molar-refractivity contribution in [2.75, 3.05) is 40.4 Å². The first-order valence-corrected chi connectivity index (χ1v) is 14.3. The van der Waals surface area contributed by atoms with Crippen molar-refractivity contribution in [3.8, 4) is 5.75 Å². The van der Waals surface area contributed by atoms with Gasteiger partial charge in [-0.15, -0.1) is 23.2 Å². The molecule has 0 unspecified atom stereocenters. The Kier molecular flexibility index (Phi) is 6.77. The summed E-state index contributed by atoms with van der Waals surface area (Å²) in [5.41, 5.74) is 10.5. The van der Waals surface area contributed by atoms with E-state index in [1.807, 2.05) is 54.6 Å². The quantitative estimate of drug-likeness (QED) is 0.208. The Balaban J connectivity index is 1.19. The van der Waals surface area contributed by atoms with Gasteiger partial charge in [-0.3, -0.25) is 9.59 Å². The molecule has 0 saturated carbocycles. The van der Waals surface area contributed by atoms with Gasteiger partial charge in [0.25, 0.3) is 0 Å². The number of fused-ring (bicyclic) bond motifs is 6. The lowest BCUT2D eigenvalue weighted by molar-refractivity contribution is -0.119. The molecule has 0 bridgehead atoms. The normalized spacial score (nSPS) is 18.1. The number of hydrogen-bond acceptors (Lipinski definition) is 4. The summed E-state index contributed by atoms with van der Waals surface area (Å²) in [4.78, 5) is 30.2. The largest absolute Gasteiger partial charge is 0.507 e. The standard InChI is InChI=1S/C31H29Cl2N3O3/c32-14-18-16-35(25-12-24(34)20-6-1-3-8-22(20)30(18)25)28(38)10-5-11-29(39)36-17-19(15-33)31-23-9-4-2-7-21(23)27(37)13-26(31)36/h1-4,6-9,12-13,18-19,37H,5,10-11,14-17,34H2/t18-,19-/m1/s1. The van der Waals surface area contributed by atoms with E-state index in [9.17, 15) is 14.7 Å². The van der Waals surface area contributed by atoms with Crippen LogP contribution in [0.25, 0.3) is 21.5 Å². The van der Waals surface area contributed by atoms with E-state index in [1.54, 1.807) is 15.9 Å². The number of nitrogens with two attached hydrogens (primary N) is 1. The number of amides is 2. The molecule has 4 aromatic rings. The Morgan fingerprint density at radius 1 is 0.769 bits per heavy atom. The molecule has 6 rings (SSSR count). The number of anilines is 3. The monoisotopic (exact) mass is 561 g/mol. The van der Waals surface area contributed by atoms with Crippen LogP contribution in [0, 0.1) is 0 Å². The number of phenols is 1. The number of aromatic hydroxyl groups is 1. The van der Waals surface area contributed by atoms with Gasteiger partial charge in [0, 0.05) is 77.7 Å². The molecule has 2 aliphatic heterocycles. The number of carbonyl (C=O) groups is 2. The first kappa shape index (κ1) is 25.8. The highest BCUT2D eigenvalue weighted by atomic mass is 35.5. The molecular formula is C31H29Cl2N3O3. The van der Waals surface area contributed by atoms with Crippen LogP contribution in [0.3, 0.4) is 0 Å². The van der Waals surface area contributed by atoms with E-state index in [2.05, 4.69) is 0 Å². The summed E-state index contributed by atoms with van der Waals surface area (Å²) in [7, 11) is 0. The average molecular weight is 562 g/mol. The minimum absolute atomic E-state index is 0.0217. The average Bonchev–Trinajstić information content (AvgIpc) is 3.52. The fourth-order valence-corrected chi connectivity index (χ4v) is 6.79. The van der Waals surface area contributed by atoms with E-state index in [4.69, 9.17) is 28.9 Å². The summed E-state index contributed by atoms with van der Waals surface area (Å²) < 4.78 is 0. The van der Waals surface area contributed by atoms with Crippen molar-refractivity contribution in [3.05, 3.63) is 71.8 Å². The summed E-state index contributed by atoms with van der Waals surface area (Å²) >= 11 is 12.6. The third-order valence-electron chi connectivity index (χ3n) is 8.10. The molecule has 2 atom stereocenters. The number of hydrogen-bond donors (Lipinski definition) is 2. The zero-order chi connectivity index (χ0) is 27.3. The smallest absolute Gasteiger partial charge is 0.227 e. The number of carbonyl (C=O) groups excluding carboxylic acids is 2. The van der Waals surface area contributed by atoms with Crippen molar-refractivity contribution in [3.63, 3.8) is 0 Å². The zero-order valence-corrected chi connectivity index (χ0v) is 22.9. The van der Waals surface area contributed by atoms with Crippen LogP contribution in [0.1, 0.15) is 42.2 Å². The van der Waals surface area contributed by atoms with Gasteiger partial charge in [0.15, 0.2) is 0 Å². The topological polar surface area (TPSA) is 86.9 Å². The van der Waals surface area contributed by atoms with Crippen molar-refractivity contribution < 1.29 is 14.7 Å². The number of benzene rings is 4. The molecule has 2 amide bonds. The summed E-state index contributed by atoms with van der Waals surface area (Å²) in [6.45, 7) is 0.963. The van der Waals surface area contributed by atoms with Crippen LogP contribution in [0.15, 0.2) is 60.7 Å². The number of nitrogen functional groups attached to an aromatic ring is 1. The third kappa shape index (κ3) is 4.26. The van der Waals surface area contributed by atoms with Crippen LogP contribution < -0.4 is 15.5 Å². The molecule has 39 heavy (non-hydrogen) atoms. The summed E-state index contributed by atoms with van der Waals surface area (Å²) in [6, 6.07) is 19.1. The lowest BCUT2D eigenvalue weighted by Crippen LogP contribution is -2.32. The molecule has 8 heteroatoms. The van der Waals surface area contributed by atoms with E-state index in [-0.39, 0.29) is 42.2 Å². The van der Waals surface area contributed by atoms with Crippen LogP contribution in [-0.4, -0.2) is 41.8 Å². The van der Waals surface area contributed by atoms with E-state index in [0.29, 0.717) is 42.6 Å². The highest BCUT2D eigenvalue weighted by Gasteiger charge is 2.36. The summed E-state index contributed by atoms with van der Waals surface area (Å²) in [5, 5.41) is 14.3. The first-order chi connectivity index (χ1) is 18.9. The lowest BCUT2D eigenvalue weighted by atomic mass is 9.95. The number of alkyl halides is 2. The van der Waals surface area contributed by atoms with E-state index in [1.165, 1.54) is 0 Å². The second-order valence-electron chi connectivity index (χ2n) is 10.4. The first-order valence-electron chi connectivity index (χ1n) is 13.2. The van der Waals surface area contributed by atoms with Crippen LogP contribution >= 0.6 is 23.2 Å². The molecule has 0 fully saturated rings. The fourth-order valence-electron chi connectivity index (χ4n) is 6.28. The minimum Gasteiger partial charge on any atom is -0.507 e. The van der Waals surface area contributed by atoms with Crippen LogP contribution in [0.4, 0.5) is 17.1 Å². The Labute approximate surface area is 236 Å². The highest BCUT2D eigenvalue weighted by molar-refractivity contribution is 6.19. The van der Waals surface area contributed by atoms with Gasteiger partial charge in [-0.2, -0.15) is 0 Å². The molecule has 3 N–H and O–H groups in total. The minimum atomic E-state index is -0.0814. The van der Waals surface area contributed by atoms with Gasteiger partial charge in [-0.25, -0.2) is 0 Å². The molecule has 0 saturated heterocycles. The van der Waals surface area contributed by atoms with Crippen molar-refractivity contribution in [1.82, 2.24) is 0 Å². The molecule has 6 nitrogen and oxygen atoms in total. The predicted molar refractivity (Wildman–Crippen MR) is 159 cm³/mol. The maximum Gasteiger partial charge on any atom is 0.227 e. The summed E-state index contributed by atoms with van der Waals surface area (Å²) in [6.07, 6.45) is 0.859. The number of nitrogens with zero attached hydrogens (tertiary/aromatic N) is 2. The highest BCUT2D eigenvalue weighted by Crippen LogP contribution is 2.46. The Morgan fingerprint density at radius 2 is 1.23 bits per heavy atom. The van der Waals surface area contributed by atoms with Crippen molar-refractivity contribution in [2.45, 2.75) is 31.1 Å². The van der Waals surface area contributed by atoms with Crippen LogP contribution in [0.5, 0.6) is 5.75 Å². The van der Waals surface area contributed by atoms with E-state index >= 15 is 0 Å². The fraction of sp³-hybridized carbons (Fsp3) is 0.290. The molecule has 2 aliphatic rings. The van der Waals surface area contributed by atoms with Gasteiger partial charge in [0.1, 0.15) is 5.75 Å². The summed E-state index contributed by atoms with van der Waals surface area (Å²) in [5.74, 6) is 0.789. The molecular weight excluding hydrogens is 533 g/mol. The molecule has 2 heterocycles. The lowest BCUT2D eigenvalue weighted by Gasteiger charge is -2.20. The van der Waals surface area contributed by atoms with Gasteiger partial charge in [0.05, 0.1) is 5.69 Å². The second-order valence-corrected chi connectivity index (χ2v) is 11.0. The Hall–Kier alpha value is -3.48.